The highest BCUT2D eigenvalue weighted by Gasteiger charge is 2.06. The molecule has 138 valence electrons. The second kappa shape index (κ2) is 9.61. The molecule has 0 N–H and O–H groups in total. The number of rotatable bonds is 8. The third kappa shape index (κ3) is 6.24. The van der Waals surface area contributed by atoms with Gasteiger partial charge in [0.15, 0.2) is 11.5 Å². The van der Waals surface area contributed by atoms with Crippen LogP contribution in [-0.4, -0.2) is 19.7 Å². The zero-order chi connectivity index (χ0) is 18.9. The number of ether oxygens (including phenoxy) is 3. The summed E-state index contributed by atoms with van der Waals surface area (Å²) in [6.45, 7) is 4.90. The number of carbonyl (C=O) groups excluding carboxylic acids is 1. The number of carbonyl (C=O) groups is 1. The molecule has 5 heteroatoms. The maximum Gasteiger partial charge on any atom is 0.336 e. The fourth-order valence-corrected chi connectivity index (χ4v) is 2.13. The predicted octanol–water partition coefficient (Wildman–Crippen LogP) is 4.88. The van der Waals surface area contributed by atoms with E-state index in [9.17, 15) is 9.18 Å². The second-order valence-electron chi connectivity index (χ2n) is 6.15. The van der Waals surface area contributed by atoms with Crippen LogP contribution in [0.15, 0.2) is 48.5 Å². The van der Waals surface area contributed by atoms with E-state index in [1.807, 2.05) is 12.1 Å². The van der Waals surface area contributed by atoms with Crippen LogP contribution >= 0.6 is 0 Å². The SMILES string of the molecule is COc1cc(/C=C/C(=O)Oc2ccc(F)cc2)ccc1OCCC(C)C. The van der Waals surface area contributed by atoms with Gasteiger partial charge >= 0.3 is 5.97 Å². The molecule has 0 aromatic heterocycles. The molecule has 0 fully saturated rings. The summed E-state index contributed by atoms with van der Waals surface area (Å²) in [4.78, 5) is 11.8. The van der Waals surface area contributed by atoms with Gasteiger partial charge in [-0.05, 0) is 60.4 Å². The molecule has 0 aliphatic rings. The molecule has 0 aliphatic carbocycles. The van der Waals surface area contributed by atoms with Gasteiger partial charge in [0.25, 0.3) is 0 Å². The summed E-state index contributed by atoms with van der Waals surface area (Å²) in [5, 5.41) is 0. The van der Waals surface area contributed by atoms with E-state index in [2.05, 4.69) is 13.8 Å². The molecule has 0 unspecified atom stereocenters. The first-order valence-corrected chi connectivity index (χ1v) is 8.44. The molecule has 0 saturated carbocycles. The van der Waals surface area contributed by atoms with Gasteiger partial charge in [0.1, 0.15) is 11.6 Å². The van der Waals surface area contributed by atoms with Gasteiger partial charge in [0.2, 0.25) is 0 Å². The molecule has 0 saturated heterocycles. The Hall–Kier alpha value is -2.82. The minimum Gasteiger partial charge on any atom is -0.493 e. The van der Waals surface area contributed by atoms with Crippen molar-refractivity contribution in [3.8, 4) is 17.2 Å². The molecule has 2 aromatic rings. The monoisotopic (exact) mass is 358 g/mol. The molecule has 2 rings (SSSR count). The van der Waals surface area contributed by atoms with Gasteiger partial charge in [0, 0.05) is 6.08 Å². The molecule has 0 bridgehead atoms. The molecule has 2 aromatic carbocycles. The Morgan fingerprint density at radius 2 is 1.85 bits per heavy atom. The van der Waals surface area contributed by atoms with Crippen LogP contribution in [0.1, 0.15) is 25.8 Å². The summed E-state index contributed by atoms with van der Waals surface area (Å²) in [5.41, 5.74) is 0.772. The van der Waals surface area contributed by atoms with Gasteiger partial charge in [-0.1, -0.05) is 19.9 Å². The number of esters is 1. The predicted molar refractivity (Wildman–Crippen MR) is 99.0 cm³/mol. The zero-order valence-electron chi connectivity index (χ0n) is 15.2. The first kappa shape index (κ1) is 19.5. The van der Waals surface area contributed by atoms with Crippen LogP contribution in [0.25, 0.3) is 6.08 Å². The Bertz CT molecular complexity index is 751. The van der Waals surface area contributed by atoms with Crippen molar-refractivity contribution in [2.75, 3.05) is 13.7 Å². The van der Waals surface area contributed by atoms with Gasteiger partial charge < -0.3 is 14.2 Å². The molecule has 4 nitrogen and oxygen atoms in total. The minimum atomic E-state index is -0.548. The fourth-order valence-electron chi connectivity index (χ4n) is 2.13. The largest absolute Gasteiger partial charge is 0.493 e. The van der Waals surface area contributed by atoms with Crippen molar-refractivity contribution >= 4 is 12.0 Å². The molecule has 0 heterocycles. The summed E-state index contributed by atoms with van der Waals surface area (Å²) in [7, 11) is 1.57. The molecule has 0 amide bonds. The van der Waals surface area contributed by atoms with Crippen LogP contribution in [0.5, 0.6) is 17.2 Å². The van der Waals surface area contributed by atoms with E-state index in [1.165, 1.54) is 30.3 Å². The number of hydrogen-bond acceptors (Lipinski definition) is 4. The highest BCUT2D eigenvalue weighted by atomic mass is 19.1. The first-order chi connectivity index (χ1) is 12.5. The first-order valence-electron chi connectivity index (χ1n) is 8.44. The molecule has 0 aliphatic heterocycles. The number of hydrogen-bond donors (Lipinski definition) is 0. The number of benzene rings is 2. The summed E-state index contributed by atoms with van der Waals surface area (Å²) in [6, 6.07) is 10.7. The van der Waals surface area contributed by atoms with E-state index in [0.717, 1.165) is 12.0 Å². The van der Waals surface area contributed by atoms with E-state index < -0.39 is 5.97 Å². The topological polar surface area (TPSA) is 44.8 Å². The van der Waals surface area contributed by atoms with Gasteiger partial charge in [0.05, 0.1) is 13.7 Å². The maximum atomic E-state index is 12.8. The van der Waals surface area contributed by atoms with Crippen LogP contribution in [0.4, 0.5) is 4.39 Å². The summed E-state index contributed by atoms with van der Waals surface area (Å²) in [6.07, 6.45) is 3.88. The molecular weight excluding hydrogens is 335 g/mol. The van der Waals surface area contributed by atoms with Gasteiger partial charge in [-0.2, -0.15) is 0 Å². The van der Waals surface area contributed by atoms with Crippen LogP contribution in [0.3, 0.4) is 0 Å². The highest BCUT2D eigenvalue weighted by molar-refractivity contribution is 5.88. The normalized spacial score (nSPS) is 11.0. The van der Waals surface area contributed by atoms with Crippen LogP contribution in [0, 0.1) is 11.7 Å². The van der Waals surface area contributed by atoms with E-state index in [1.54, 1.807) is 19.3 Å². The molecule has 0 spiro atoms. The Balaban J connectivity index is 1.98. The standard InChI is InChI=1S/C21H23FO4/c1-15(2)12-13-25-19-10-4-16(14-20(19)24-3)5-11-21(23)26-18-8-6-17(22)7-9-18/h4-11,14-15H,12-13H2,1-3H3/b11-5+. The van der Waals surface area contributed by atoms with Crippen molar-refractivity contribution in [1.29, 1.82) is 0 Å². The number of halogens is 1. The van der Waals surface area contributed by atoms with Crippen molar-refractivity contribution in [2.45, 2.75) is 20.3 Å². The van der Waals surface area contributed by atoms with E-state index in [0.29, 0.717) is 24.0 Å². The number of methoxy groups -OCH3 is 1. The maximum absolute atomic E-state index is 12.8. The third-order valence-electron chi connectivity index (χ3n) is 3.58. The molecule has 0 radical (unpaired) electrons. The zero-order valence-corrected chi connectivity index (χ0v) is 15.2. The Labute approximate surface area is 153 Å². The lowest BCUT2D eigenvalue weighted by molar-refractivity contribution is -0.128. The van der Waals surface area contributed by atoms with Crippen LogP contribution < -0.4 is 14.2 Å². The molecule has 26 heavy (non-hydrogen) atoms. The van der Waals surface area contributed by atoms with Crippen LogP contribution in [0.2, 0.25) is 0 Å². The minimum absolute atomic E-state index is 0.285. The van der Waals surface area contributed by atoms with Crippen LogP contribution in [-0.2, 0) is 4.79 Å². The average Bonchev–Trinajstić information content (AvgIpc) is 2.62. The lowest BCUT2D eigenvalue weighted by Gasteiger charge is -2.12. The van der Waals surface area contributed by atoms with E-state index >= 15 is 0 Å². The molecular formula is C21H23FO4. The van der Waals surface area contributed by atoms with Gasteiger partial charge in [-0.3, -0.25) is 0 Å². The lowest BCUT2D eigenvalue weighted by Crippen LogP contribution is -2.04. The summed E-state index contributed by atoms with van der Waals surface area (Å²) in [5.74, 6) is 1.18. The third-order valence-corrected chi connectivity index (χ3v) is 3.58. The Morgan fingerprint density at radius 1 is 1.12 bits per heavy atom. The average molecular weight is 358 g/mol. The van der Waals surface area contributed by atoms with Gasteiger partial charge in [-0.15, -0.1) is 0 Å². The van der Waals surface area contributed by atoms with Crippen molar-refractivity contribution in [1.82, 2.24) is 0 Å². The van der Waals surface area contributed by atoms with Gasteiger partial charge in [-0.25, -0.2) is 9.18 Å². The Morgan fingerprint density at radius 3 is 2.50 bits per heavy atom. The Kier molecular flexibility index (Phi) is 7.21. The van der Waals surface area contributed by atoms with Crippen molar-refractivity contribution in [3.63, 3.8) is 0 Å². The lowest BCUT2D eigenvalue weighted by atomic mass is 10.1. The van der Waals surface area contributed by atoms with E-state index in [-0.39, 0.29) is 11.6 Å². The highest BCUT2D eigenvalue weighted by Crippen LogP contribution is 2.29. The fraction of sp³-hybridized carbons (Fsp3) is 0.286. The smallest absolute Gasteiger partial charge is 0.336 e. The van der Waals surface area contributed by atoms with E-state index in [4.69, 9.17) is 14.2 Å². The van der Waals surface area contributed by atoms with Crippen molar-refractivity contribution < 1.29 is 23.4 Å². The summed E-state index contributed by atoms with van der Waals surface area (Å²) >= 11 is 0. The van der Waals surface area contributed by atoms with Crippen molar-refractivity contribution in [3.05, 3.63) is 59.9 Å². The quantitative estimate of drug-likeness (QED) is 0.383. The summed E-state index contributed by atoms with van der Waals surface area (Å²) < 4.78 is 29.0. The molecule has 0 atom stereocenters. The van der Waals surface area contributed by atoms with Crippen molar-refractivity contribution in [2.24, 2.45) is 5.92 Å². The second-order valence-corrected chi connectivity index (χ2v) is 6.15.